The average molecular weight is 511 g/mol. The fraction of sp³-hybridized carbons (Fsp3) is 0.520. The first-order valence-corrected chi connectivity index (χ1v) is 12.6. The second-order valence-corrected chi connectivity index (χ2v) is 10.2. The Hall–Kier alpha value is -3.96. The summed E-state index contributed by atoms with van der Waals surface area (Å²) in [5.74, 6) is -2.39. The molecule has 0 unspecified atom stereocenters. The van der Waals surface area contributed by atoms with Gasteiger partial charge in [-0.2, -0.15) is 5.21 Å². The number of carbonyl (C=O) groups is 3. The molecule has 6 N–H and O–H groups in total. The lowest BCUT2D eigenvalue weighted by Gasteiger charge is -2.42. The molecular formula is C25H34N8O4. The van der Waals surface area contributed by atoms with Crippen LogP contribution in [0.25, 0.3) is 10.9 Å². The van der Waals surface area contributed by atoms with Crippen molar-refractivity contribution in [1.82, 2.24) is 30.5 Å². The van der Waals surface area contributed by atoms with E-state index < -0.39 is 23.2 Å². The molecule has 1 aromatic carbocycles. The molecule has 1 saturated carbocycles. The lowest BCUT2D eigenvalue weighted by molar-refractivity contribution is -0.137. The molecule has 1 aliphatic rings. The van der Waals surface area contributed by atoms with E-state index in [1.54, 1.807) is 29.8 Å². The van der Waals surface area contributed by atoms with Gasteiger partial charge in [0.2, 0.25) is 11.8 Å². The number of hydrogen-bond acceptors (Lipinski definition) is 7. The highest BCUT2D eigenvalue weighted by Crippen LogP contribution is 2.48. The number of para-hydroxylation sites is 1. The first kappa shape index (κ1) is 26.1. The normalized spacial score (nSPS) is 20.6. The summed E-state index contributed by atoms with van der Waals surface area (Å²) in [5.41, 5.74) is 5.63. The summed E-state index contributed by atoms with van der Waals surface area (Å²) in [7, 11) is 1.66. The van der Waals surface area contributed by atoms with Gasteiger partial charge in [-0.3, -0.25) is 9.59 Å². The second-order valence-electron chi connectivity index (χ2n) is 10.2. The van der Waals surface area contributed by atoms with Crippen molar-refractivity contribution < 1.29 is 19.5 Å². The summed E-state index contributed by atoms with van der Waals surface area (Å²) in [6.45, 7) is 4.46. The summed E-state index contributed by atoms with van der Waals surface area (Å²) in [6, 6.07) is 6.92. The molecule has 2 amide bonds. The molecule has 4 rings (SSSR count). The smallest absolute Gasteiger partial charge is 0.352 e. The Labute approximate surface area is 214 Å². The quantitative estimate of drug-likeness (QED) is 0.274. The van der Waals surface area contributed by atoms with Crippen LogP contribution in [-0.4, -0.2) is 60.7 Å². The van der Waals surface area contributed by atoms with Crippen LogP contribution in [0.3, 0.4) is 0 Å². The number of tetrazole rings is 1. The van der Waals surface area contributed by atoms with Gasteiger partial charge in [-0.25, -0.2) is 4.79 Å². The molecule has 0 saturated heterocycles. The number of carboxylic acids is 1. The molecule has 3 atom stereocenters. The maximum absolute atomic E-state index is 13.9. The van der Waals surface area contributed by atoms with Crippen LogP contribution in [0, 0.1) is 11.8 Å². The third-order valence-corrected chi connectivity index (χ3v) is 7.37. The van der Waals surface area contributed by atoms with Crippen molar-refractivity contribution in [2.24, 2.45) is 24.6 Å². The van der Waals surface area contributed by atoms with Gasteiger partial charge in [-0.15, -0.1) is 5.10 Å². The number of H-pyrrole nitrogens is 1. The number of rotatable bonds is 10. The number of amides is 2. The number of hydrogen-bond donors (Lipinski definition) is 5. The number of nitrogens with two attached hydrogens (primary N) is 1. The number of carboxylic acid groups (broad SMARTS) is 1. The first-order chi connectivity index (χ1) is 17.7. The van der Waals surface area contributed by atoms with E-state index in [0.29, 0.717) is 54.6 Å². The predicted molar refractivity (Wildman–Crippen MR) is 137 cm³/mol. The van der Waals surface area contributed by atoms with E-state index >= 15 is 0 Å². The van der Waals surface area contributed by atoms with E-state index in [0.717, 1.165) is 6.42 Å². The molecule has 1 fully saturated rings. The van der Waals surface area contributed by atoms with Crippen LogP contribution >= 0.6 is 0 Å². The zero-order valence-electron chi connectivity index (χ0n) is 21.3. The number of aromatic amines is 1. The Morgan fingerprint density at radius 2 is 2.03 bits per heavy atom. The average Bonchev–Trinajstić information content (AvgIpc) is 3.48. The van der Waals surface area contributed by atoms with Crippen molar-refractivity contribution in [1.29, 1.82) is 0 Å². The molecule has 2 aromatic heterocycles. The van der Waals surface area contributed by atoms with E-state index in [-0.39, 0.29) is 23.6 Å². The van der Waals surface area contributed by atoms with Gasteiger partial charge < -0.3 is 26.0 Å². The summed E-state index contributed by atoms with van der Waals surface area (Å²) in [4.78, 5) is 39.8. The highest BCUT2D eigenvalue weighted by atomic mass is 16.4. The van der Waals surface area contributed by atoms with Crippen molar-refractivity contribution in [3.05, 3.63) is 35.5 Å². The summed E-state index contributed by atoms with van der Waals surface area (Å²) in [5, 5.41) is 30.7. The number of anilines is 1. The Morgan fingerprint density at radius 3 is 2.68 bits per heavy atom. The van der Waals surface area contributed by atoms with E-state index in [1.807, 2.05) is 6.07 Å². The van der Waals surface area contributed by atoms with Gasteiger partial charge in [-0.1, -0.05) is 50.0 Å². The number of aryl methyl sites for hydroxylation is 1. The van der Waals surface area contributed by atoms with E-state index in [4.69, 9.17) is 5.73 Å². The van der Waals surface area contributed by atoms with Crippen LogP contribution in [-0.2, 0) is 22.1 Å². The van der Waals surface area contributed by atoms with Gasteiger partial charge in [0.15, 0.2) is 0 Å². The maximum atomic E-state index is 13.9. The Bertz CT molecular complexity index is 1290. The number of carbonyl (C=O) groups excluding carboxylic acids is 2. The Balaban J connectivity index is 1.75. The standard InChI is InChI=1S/C25H34N8O4/c1-14(2)12-15(13-27-24-29-31-32-30-24)28-21(34)17-9-6-7-11-25(17,23(26)37)19-16-8-4-5-10-18(16)33(3)20(19)22(35)36/h4-5,8,10,14-15,17H,6-7,9,11-13H2,1-3H3,(H2,26,37)(H,28,34)(H,35,36)(H2,27,29,30,31,32)/t15-,17-,25-/m0/s1. The van der Waals surface area contributed by atoms with Crippen LogP contribution in [0.5, 0.6) is 0 Å². The molecule has 12 heteroatoms. The van der Waals surface area contributed by atoms with Crippen LogP contribution in [0.2, 0.25) is 0 Å². The van der Waals surface area contributed by atoms with Crippen molar-refractivity contribution in [3.63, 3.8) is 0 Å². The number of aromatic carboxylic acids is 1. The fourth-order valence-corrected chi connectivity index (χ4v) is 5.86. The van der Waals surface area contributed by atoms with Crippen LogP contribution in [0.4, 0.5) is 5.95 Å². The zero-order chi connectivity index (χ0) is 26.7. The molecule has 0 bridgehead atoms. The molecule has 0 aliphatic heterocycles. The third-order valence-electron chi connectivity index (χ3n) is 7.37. The first-order valence-electron chi connectivity index (χ1n) is 12.6. The minimum absolute atomic E-state index is 0.0165. The number of aromatic nitrogens is 5. The molecule has 2 heterocycles. The number of fused-ring (bicyclic) bond motifs is 1. The fourth-order valence-electron chi connectivity index (χ4n) is 5.86. The SMILES string of the molecule is CC(C)C[C@@H](CNc1nn[nH]n1)NC(=O)[C@@H]1CCCC[C@@]1(C(N)=O)c1c(C(=O)O)n(C)c2ccccc12. The Kier molecular flexibility index (Phi) is 7.46. The number of primary amides is 1. The monoisotopic (exact) mass is 510 g/mol. The van der Waals surface area contributed by atoms with Crippen molar-refractivity contribution in [2.75, 3.05) is 11.9 Å². The minimum atomic E-state index is -1.46. The van der Waals surface area contributed by atoms with E-state index in [2.05, 4.69) is 45.1 Å². The van der Waals surface area contributed by atoms with E-state index in [1.165, 1.54) is 0 Å². The summed E-state index contributed by atoms with van der Waals surface area (Å²) in [6.07, 6.45) is 2.77. The number of benzene rings is 1. The minimum Gasteiger partial charge on any atom is -0.477 e. The molecule has 12 nitrogen and oxygen atoms in total. The number of nitrogens with one attached hydrogen (secondary N) is 3. The van der Waals surface area contributed by atoms with Crippen molar-refractivity contribution >= 4 is 34.6 Å². The second kappa shape index (κ2) is 10.6. The van der Waals surface area contributed by atoms with Gasteiger partial charge in [0.25, 0.3) is 5.95 Å². The van der Waals surface area contributed by atoms with Gasteiger partial charge in [0, 0.05) is 36.1 Å². The lowest BCUT2D eigenvalue weighted by atomic mass is 9.60. The highest BCUT2D eigenvalue weighted by Gasteiger charge is 2.54. The van der Waals surface area contributed by atoms with Gasteiger partial charge in [-0.05, 0) is 36.5 Å². The van der Waals surface area contributed by atoms with Crippen LogP contribution in [0.15, 0.2) is 24.3 Å². The van der Waals surface area contributed by atoms with E-state index in [9.17, 15) is 19.5 Å². The summed E-state index contributed by atoms with van der Waals surface area (Å²) >= 11 is 0. The van der Waals surface area contributed by atoms with Crippen LogP contribution < -0.4 is 16.4 Å². The zero-order valence-corrected chi connectivity index (χ0v) is 21.3. The van der Waals surface area contributed by atoms with Gasteiger partial charge in [0.05, 0.1) is 11.3 Å². The topological polar surface area (TPSA) is 181 Å². The molecule has 37 heavy (non-hydrogen) atoms. The molecule has 3 aromatic rings. The predicted octanol–water partition coefficient (Wildman–Crippen LogP) is 1.95. The maximum Gasteiger partial charge on any atom is 0.352 e. The van der Waals surface area contributed by atoms with Crippen molar-refractivity contribution in [3.8, 4) is 0 Å². The largest absolute Gasteiger partial charge is 0.477 e. The molecule has 198 valence electrons. The number of nitrogens with zero attached hydrogens (tertiary/aromatic N) is 4. The van der Waals surface area contributed by atoms with Crippen LogP contribution in [0.1, 0.15) is 62.0 Å². The van der Waals surface area contributed by atoms with Gasteiger partial charge in [0.1, 0.15) is 5.69 Å². The molecule has 0 spiro atoms. The van der Waals surface area contributed by atoms with Gasteiger partial charge >= 0.3 is 5.97 Å². The van der Waals surface area contributed by atoms with Crippen molar-refractivity contribution in [2.45, 2.75) is 57.4 Å². The lowest BCUT2D eigenvalue weighted by Crippen LogP contribution is -2.56. The molecule has 0 radical (unpaired) electrons. The highest BCUT2D eigenvalue weighted by molar-refractivity contribution is 6.06. The summed E-state index contributed by atoms with van der Waals surface area (Å²) < 4.78 is 1.57. The third kappa shape index (κ3) is 4.87. The molecular weight excluding hydrogens is 476 g/mol. The Morgan fingerprint density at radius 1 is 1.27 bits per heavy atom. The molecule has 1 aliphatic carbocycles.